The Morgan fingerprint density at radius 1 is 1.47 bits per heavy atom. The summed E-state index contributed by atoms with van der Waals surface area (Å²) >= 11 is 3.34. The van der Waals surface area contributed by atoms with E-state index in [4.69, 9.17) is 4.74 Å². The van der Waals surface area contributed by atoms with Gasteiger partial charge in [0.2, 0.25) is 0 Å². The highest BCUT2D eigenvalue weighted by Crippen LogP contribution is 2.28. The van der Waals surface area contributed by atoms with Crippen LogP contribution in [-0.4, -0.2) is 23.7 Å². The molecule has 0 aliphatic rings. The monoisotopic (exact) mass is 329 g/mol. The Morgan fingerprint density at radius 2 is 2.16 bits per heavy atom. The maximum atomic E-state index is 11.6. The fourth-order valence-corrected chi connectivity index (χ4v) is 1.88. The lowest BCUT2D eigenvalue weighted by Gasteiger charge is -2.15. The number of benzene rings is 1. The second-order valence-electron chi connectivity index (χ2n) is 4.52. The van der Waals surface area contributed by atoms with Crippen LogP contribution in [0.4, 0.5) is 0 Å². The number of rotatable bonds is 6. The molecule has 0 radical (unpaired) electrons. The molecule has 1 aromatic carbocycles. The van der Waals surface area contributed by atoms with Crippen LogP contribution in [0.5, 0.6) is 5.75 Å². The van der Waals surface area contributed by atoms with Gasteiger partial charge in [0.15, 0.2) is 6.61 Å². The molecule has 0 aromatic heterocycles. The van der Waals surface area contributed by atoms with Gasteiger partial charge in [-0.2, -0.15) is 0 Å². The summed E-state index contributed by atoms with van der Waals surface area (Å²) in [4.78, 5) is 11.6. The molecule has 0 aliphatic heterocycles. The van der Waals surface area contributed by atoms with Crippen molar-refractivity contribution in [2.75, 3.05) is 6.61 Å². The van der Waals surface area contributed by atoms with Crippen molar-refractivity contribution in [1.82, 2.24) is 5.32 Å². The zero-order valence-corrected chi connectivity index (χ0v) is 13.0. The molecule has 19 heavy (non-hydrogen) atoms. The van der Waals surface area contributed by atoms with Gasteiger partial charge in [-0.05, 0) is 32.4 Å². The zero-order valence-electron chi connectivity index (χ0n) is 11.4. The summed E-state index contributed by atoms with van der Waals surface area (Å²) in [5.74, 6) is 0.356. The van der Waals surface area contributed by atoms with Crippen molar-refractivity contribution in [2.24, 2.45) is 0 Å². The van der Waals surface area contributed by atoms with Crippen molar-refractivity contribution in [3.8, 4) is 5.75 Å². The smallest absolute Gasteiger partial charge is 0.258 e. The number of aliphatic hydroxyl groups is 1. The van der Waals surface area contributed by atoms with Crippen molar-refractivity contribution < 1.29 is 14.6 Å². The maximum absolute atomic E-state index is 11.6. The van der Waals surface area contributed by atoms with E-state index in [0.717, 1.165) is 10.9 Å². The first-order valence-electron chi connectivity index (χ1n) is 6.33. The van der Waals surface area contributed by atoms with E-state index in [1.165, 1.54) is 0 Å². The van der Waals surface area contributed by atoms with E-state index < -0.39 is 6.10 Å². The topological polar surface area (TPSA) is 58.6 Å². The highest BCUT2D eigenvalue weighted by molar-refractivity contribution is 9.10. The minimum atomic E-state index is -0.638. The molecule has 5 heteroatoms. The van der Waals surface area contributed by atoms with Crippen molar-refractivity contribution in [1.29, 1.82) is 0 Å². The first-order chi connectivity index (χ1) is 8.93. The highest BCUT2D eigenvalue weighted by Gasteiger charge is 2.12. The molecular formula is C14H20BrNO3. The third kappa shape index (κ3) is 5.20. The lowest BCUT2D eigenvalue weighted by atomic mass is 10.1. The summed E-state index contributed by atoms with van der Waals surface area (Å²) in [6.45, 7) is 5.56. The van der Waals surface area contributed by atoms with E-state index in [0.29, 0.717) is 11.3 Å². The van der Waals surface area contributed by atoms with Crippen LogP contribution in [0, 0.1) is 0 Å². The zero-order chi connectivity index (χ0) is 14.4. The Balaban J connectivity index is 2.66. The number of halogens is 1. The van der Waals surface area contributed by atoms with Crippen LogP contribution >= 0.6 is 15.9 Å². The molecule has 2 unspecified atom stereocenters. The van der Waals surface area contributed by atoms with Crippen LogP contribution in [0.25, 0.3) is 0 Å². The third-order valence-electron chi connectivity index (χ3n) is 2.80. The molecule has 0 saturated heterocycles. The summed E-state index contributed by atoms with van der Waals surface area (Å²) in [5.41, 5.74) is 0.666. The molecule has 0 saturated carbocycles. The summed E-state index contributed by atoms with van der Waals surface area (Å²) in [5, 5.41) is 12.5. The SMILES string of the molecule is CCC(C)NC(=O)COc1cc(Br)ccc1C(C)O. The summed E-state index contributed by atoms with van der Waals surface area (Å²) < 4.78 is 6.33. The lowest BCUT2D eigenvalue weighted by Crippen LogP contribution is -2.35. The molecule has 4 nitrogen and oxygen atoms in total. The van der Waals surface area contributed by atoms with Gasteiger partial charge in [-0.25, -0.2) is 0 Å². The second-order valence-corrected chi connectivity index (χ2v) is 5.44. The van der Waals surface area contributed by atoms with Gasteiger partial charge in [0.05, 0.1) is 6.10 Å². The van der Waals surface area contributed by atoms with Gasteiger partial charge in [-0.3, -0.25) is 4.79 Å². The second kappa shape index (κ2) is 7.50. The van der Waals surface area contributed by atoms with Gasteiger partial charge in [-0.1, -0.05) is 28.9 Å². The van der Waals surface area contributed by atoms with Gasteiger partial charge in [-0.15, -0.1) is 0 Å². The molecule has 2 N–H and O–H groups in total. The Kier molecular flexibility index (Phi) is 6.31. The minimum Gasteiger partial charge on any atom is -0.483 e. The number of carbonyl (C=O) groups is 1. The Bertz CT molecular complexity index is 435. The summed E-state index contributed by atoms with van der Waals surface area (Å²) in [6, 6.07) is 5.48. The normalized spacial score (nSPS) is 13.7. The van der Waals surface area contributed by atoms with E-state index in [1.807, 2.05) is 19.9 Å². The van der Waals surface area contributed by atoms with Crippen LogP contribution in [0.15, 0.2) is 22.7 Å². The van der Waals surface area contributed by atoms with Gasteiger partial charge in [0, 0.05) is 16.1 Å². The van der Waals surface area contributed by atoms with E-state index in [1.54, 1.807) is 19.1 Å². The van der Waals surface area contributed by atoms with Crippen LogP contribution in [-0.2, 0) is 4.79 Å². The van der Waals surface area contributed by atoms with Crippen LogP contribution in [0.3, 0.4) is 0 Å². The molecule has 0 fully saturated rings. The molecular weight excluding hydrogens is 310 g/mol. The van der Waals surface area contributed by atoms with Gasteiger partial charge < -0.3 is 15.2 Å². The number of hydrogen-bond donors (Lipinski definition) is 2. The van der Waals surface area contributed by atoms with Gasteiger partial charge >= 0.3 is 0 Å². The predicted octanol–water partition coefficient (Wildman–Crippen LogP) is 2.80. The van der Waals surface area contributed by atoms with Crippen LogP contribution in [0.1, 0.15) is 38.9 Å². The molecule has 1 amide bonds. The van der Waals surface area contributed by atoms with Crippen molar-refractivity contribution in [3.63, 3.8) is 0 Å². The van der Waals surface area contributed by atoms with E-state index in [-0.39, 0.29) is 18.6 Å². The standard InChI is InChI=1S/C14H20BrNO3/c1-4-9(2)16-14(18)8-19-13-7-11(15)5-6-12(13)10(3)17/h5-7,9-10,17H,4,8H2,1-3H3,(H,16,18). The molecule has 0 heterocycles. The largest absolute Gasteiger partial charge is 0.483 e. The van der Waals surface area contributed by atoms with E-state index >= 15 is 0 Å². The third-order valence-corrected chi connectivity index (χ3v) is 3.30. The number of aliphatic hydroxyl groups excluding tert-OH is 1. The summed E-state index contributed by atoms with van der Waals surface area (Å²) in [6.07, 6.45) is 0.238. The Hall–Kier alpha value is -1.07. The Labute approximate surface area is 122 Å². The number of nitrogens with one attached hydrogen (secondary N) is 1. The molecule has 0 aliphatic carbocycles. The number of carbonyl (C=O) groups excluding carboxylic acids is 1. The number of amides is 1. The molecule has 0 spiro atoms. The van der Waals surface area contributed by atoms with Gasteiger partial charge in [0.1, 0.15) is 5.75 Å². The lowest BCUT2D eigenvalue weighted by molar-refractivity contribution is -0.123. The van der Waals surface area contributed by atoms with Crippen molar-refractivity contribution in [2.45, 2.75) is 39.3 Å². The molecule has 2 atom stereocenters. The predicted molar refractivity (Wildman–Crippen MR) is 78.2 cm³/mol. The van der Waals surface area contributed by atoms with Crippen molar-refractivity contribution >= 4 is 21.8 Å². The van der Waals surface area contributed by atoms with Crippen LogP contribution < -0.4 is 10.1 Å². The average Bonchev–Trinajstić information content (AvgIpc) is 2.35. The molecule has 0 bridgehead atoms. The van der Waals surface area contributed by atoms with Crippen LogP contribution in [0.2, 0.25) is 0 Å². The minimum absolute atomic E-state index is 0.0550. The summed E-state index contributed by atoms with van der Waals surface area (Å²) in [7, 11) is 0. The fourth-order valence-electron chi connectivity index (χ4n) is 1.54. The first kappa shape index (κ1) is 16.0. The molecule has 1 rings (SSSR count). The average molecular weight is 330 g/mol. The van der Waals surface area contributed by atoms with Crippen molar-refractivity contribution in [3.05, 3.63) is 28.2 Å². The van der Waals surface area contributed by atoms with Gasteiger partial charge in [0.25, 0.3) is 5.91 Å². The van der Waals surface area contributed by atoms with E-state index in [2.05, 4.69) is 21.2 Å². The highest BCUT2D eigenvalue weighted by atomic mass is 79.9. The van der Waals surface area contributed by atoms with E-state index in [9.17, 15) is 9.90 Å². The fraction of sp³-hybridized carbons (Fsp3) is 0.500. The quantitative estimate of drug-likeness (QED) is 0.843. The Morgan fingerprint density at radius 3 is 2.74 bits per heavy atom. The maximum Gasteiger partial charge on any atom is 0.258 e. The number of ether oxygens (including phenoxy) is 1. The molecule has 1 aromatic rings. The first-order valence-corrected chi connectivity index (χ1v) is 7.13. The molecule has 106 valence electrons. The number of hydrogen-bond acceptors (Lipinski definition) is 3.